The SMILES string of the molecule is CCOc1cc(C(=O)NCCCCc2ccc(OC(C)(C)CC)cc2OC(C)(C)CC)cc(OCC)c1OCC. The van der Waals surface area contributed by atoms with Crippen molar-refractivity contribution in [2.45, 2.75) is 106 Å². The molecule has 7 heteroatoms. The first kappa shape index (κ1) is 33.1. The van der Waals surface area contributed by atoms with E-state index in [2.05, 4.69) is 52.9 Å². The molecule has 0 saturated heterocycles. The van der Waals surface area contributed by atoms with Crippen LogP contribution in [-0.2, 0) is 6.42 Å². The molecule has 7 nitrogen and oxygen atoms in total. The molecule has 2 aromatic carbocycles. The van der Waals surface area contributed by atoms with Crippen molar-refractivity contribution >= 4 is 5.91 Å². The van der Waals surface area contributed by atoms with E-state index in [-0.39, 0.29) is 17.1 Å². The quantitative estimate of drug-likeness (QED) is 0.189. The summed E-state index contributed by atoms with van der Waals surface area (Å²) in [6, 6.07) is 9.58. The van der Waals surface area contributed by atoms with E-state index in [1.807, 2.05) is 32.9 Å². The van der Waals surface area contributed by atoms with Gasteiger partial charge in [-0.2, -0.15) is 0 Å². The third-order valence-electron chi connectivity index (χ3n) is 6.85. The van der Waals surface area contributed by atoms with Gasteiger partial charge in [0.15, 0.2) is 11.5 Å². The van der Waals surface area contributed by atoms with E-state index in [1.54, 1.807) is 12.1 Å². The number of nitrogens with one attached hydrogen (secondary N) is 1. The number of amides is 1. The summed E-state index contributed by atoms with van der Waals surface area (Å²) < 4.78 is 29.9. The lowest BCUT2D eigenvalue weighted by Crippen LogP contribution is -2.28. The van der Waals surface area contributed by atoms with E-state index < -0.39 is 0 Å². The van der Waals surface area contributed by atoms with Crippen LogP contribution in [0, 0.1) is 0 Å². The predicted molar refractivity (Wildman–Crippen MR) is 162 cm³/mol. The first-order valence-corrected chi connectivity index (χ1v) is 14.8. The number of aryl methyl sites for hydroxylation is 1. The smallest absolute Gasteiger partial charge is 0.251 e. The third-order valence-corrected chi connectivity index (χ3v) is 6.85. The fourth-order valence-corrected chi connectivity index (χ4v) is 3.93. The Kier molecular flexibility index (Phi) is 12.9. The van der Waals surface area contributed by atoms with Gasteiger partial charge in [0.2, 0.25) is 5.75 Å². The van der Waals surface area contributed by atoms with Crippen LogP contribution in [0.15, 0.2) is 30.3 Å². The highest BCUT2D eigenvalue weighted by Gasteiger charge is 2.22. The van der Waals surface area contributed by atoms with Crippen LogP contribution in [0.3, 0.4) is 0 Å². The van der Waals surface area contributed by atoms with Crippen LogP contribution in [-0.4, -0.2) is 43.5 Å². The average molecular weight is 558 g/mol. The molecule has 1 amide bonds. The molecule has 1 N–H and O–H groups in total. The lowest BCUT2D eigenvalue weighted by molar-refractivity contribution is 0.0941. The van der Waals surface area contributed by atoms with Gasteiger partial charge in [-0.3, -0.25) is 4.79 Å². The maximum Gasteiger partial charge on any atom is 0.251 e. The molecule has 0 radical (unpaired) electrons. The lowest BCUT2D eigenvalue weighted by atomic mass is 10.0. The van der Waals surface area contributed by atoms with E-state index in [9.17, 15) is 4.79 Å². The topological polar surface area (TPSA) is 75.3 Å². The van der Waals surface area contributed by atoms with E-state index in [0.717, 1.165) is 49.2 Å². The minimum absolute atomic E-state index is 0.168. The zero-order chi connectivity index (χ0) is 29.8. The molecule has 0 aromatic heterocycles. The molecule has 0 unspecified atom stereocenters. The Balaban J connectivity index is 2.06. The molecule has 2 aromatic rings. The zero-order valence-electron chi connectivity index (χ0n) is 26.2. The minimum Gasteiger partial charge on any atom is -0.490 e. The van der Waals surface area contributed by atoms with Gasteiger partial charge >= 0.3 is 0 Å². The third kappa shape index (κ3) is 10.1. The van der Waals surface area contributed by atoms with Crippen molar-refractivity contribution in [3.63, 3.8) is 0 Å². The molecule has 0 heterocycles. The number of hydrogen-bond donors (Lipinski definition) is 1. The van der Waals surface area contributed by atoms with E-state index in [0.29, 0.717) is 49.2 Å². The van der Waals surface area contributed by atoms with Gasteiger partial charge in [0.1, 0.15) is 22.7 Å². The number of carbonyl (C=O) groups excluding carboxylic acids is 1. The maximum atomic E-state index is 13.0. The fraction of sp³-hybridized carbons (Fsp3) is 0.606. The van der Waals surface area contributed by atoms with Crippen molar-refractivity contribution in [2.75, 3.05) is 26.4 Å². The second kappa shape index (κ2) is 15.6. The zero-order valence-corrected chi connectivity index (χ0v) is 26.2. The lowest BCUT2D eigenvalue weighted by Gasteiger charge is -2.29. The van der Waals surface area contributed by atoms with Crippen LogP contribution in [0.25, 0.3) is 0 Å². The van der Waals surface area contributed by atoms with Crippen molar-refractivity contribution in [1.82, 2.24) is 5.32 Å². The molecule has 0 aliphatic heterocycles. The highest BCUT2D eigenvalue weighted by atomic mass is 16.5. The van der Waals surface area contributed by atoms with Gasteiger partial charge in [0.05, 0.1) is 19.8 Å². The first-order chi connectivity index (χ1) is 19.0. The van der Waals surface area contributed by atoms with Crippen molar-refractivity contribution < 1.29 is 28.5 Å². The molecule has 0 atom stereocenters. The normalized spacial score (nSPS) is 11.6. The van der Waals surface area contributed by atoms with Gasteiger partial charge in [0.25, 0.3) is 5.91 Å². The van der Waals surface area contributed by atoms with E-state index in [4.69, 9.17) is 23.7 Å². The Morgan fingerprint density at radius 3 is 1.85 bits per heavy atom. The summed E-state index contributed by atoms with van der Waals surface area (Å²) in [4.78, 5) is 13.0. The molecular weight excluding hydrogens is 506 g/mol. The molecule has 224 valence electrons. The van der Waals surface area contributed by atoms with Crippen molar-refractivity contribution in [1.29, 1.82) is 0 Å². The van der Waals surface area contributed by atoms with Crippen molar-refractivity contribution in [3.8, 4) is 28.7 Å². The van der Waals surface area contributed by atoms with E-state index >= 15 is 0 Å². The summed E-state index contributed by atoms with van der Waals surface area (Å²) in [5.41, 5.74) is 1.11. The molecule has 0 aliphatic rings. The van der Waals surface area contributed by atoms with Gasteiger partial charge in [-0.1, -0.05) is 19.9 Å². The van der Waals surface area contributed by atoms with Gasteiger partial charge < -0.3 is 29.0 Å². The number of hydrogen-bond acceptors (Lipinski definition) is 6. The molecule has 40 heavy (non-hydrogen) atoms. The van der Waals surface area contributed by atoms with Crippen molar-refractivity contribution in [3.05, 3.63) is 41.5 Å². The Morgan fingerprint density at radius 1 is 0.725 bits per heavy atom. The second-order valence-electron chi connectivity index (χ2n) is 11.0. The van der Waals surface area contributed by atoms with Crippen LogP contribution < -0.4 is 29.0 Å². The Hall–Kier alpha value is -3.09. The Morgan fingerprint density at radius 2 is 1.30 bits per heavy atom. The summed E-state index contributed by atoms with van der Waals surface area (Å²) in [5.74, 6) is 3.07. The first-order valence-electron chi connectivity index (χ1n) is 14.8. The van der Waals surface area contributed by atoms with E-state index in [1.165, 1.54) is 0 Å². The predicted octanol–water partition coefficient (Wildman–Crippen LogP) is 7.77. The highest BCUT2D eigenvalue weighted by molar-refractivity contribution is 5.95. The number of carbonyl (C=O) groups is 1. The summed E-state index contributed by atoms with van der Waals surface area (Å²) in [6.45, 7) is 20.3. The number of rotatable bonds is 18. The molecule has 2 rings (SSSR count). The highest BCUT2D eigenvalue weighted by Crippen LogP contribution is 2.39. The van der Waals surface area contributed by atoms with Gasteiger partial charge in [-0.25, -0.2) is 0 Å². The van der Waals surface area contributed by atoms with Crippen LogP contribution >= 0.6 is 0 Å². The number of ether oxygens (including phenoxy) is 5. The van der Waals surface area contributed by atoms with Crippen LogP contribution in [0.2, 0.25) is 0 Å². The van der Waals surface area contributed by atoms with Crippen molar-refractivity contribution in [2.24, 2.45) is 0 Å². The molecule has 0 saturated carbocycles. The second-order valence-corrected chi connectivity index (χ2v) is 11.0. The van der Waals surface area contributed by atoms with Gasteiger partial charge in [0, 0.05) is 18.2 Å². The van der Waals surface area contributed by atoms with Crippen LogP contribution in [0.1, 0.15) is 104 Å². The molecule has 0 aliphatic carbocycles. The molecular formula is C33H51NO6. The molecule has 0 fully saturated rings. The summed E-state index contributed by atoms with van der Waals surface area (Å²) in [5, 5.41) is 3.04. The van der Waals surface area contributed by atoms with Crippen LogP contribution in [0.5, 0.6) is 28.7 Å². The molecule has 0 bridgehead atoms. The standard InChI is InChI=1S/C33H51NO6/c1-10-32(6,7)39-26-19-18-24(27(23-26)40-33(8,9)11-2)17-15-16-20-34-31(35)25-21-28(36-12-3)30(38-14-5)29(22-25)37-13-4/h18-19,21-23H,10-17,20H2,1-9H3,(H,34,35). The number of unbranched alkanes of at least 4 members (excludes halogenated alkanes) is 1. The summed E-state index contributed by atoms with van der Waals surface area (Å²) in [6.07, 6.45) is 4.38. The summed E-state index contributed by atoms with van der Waals surface area (Å²) >= 11 is 0. The molecule has 0 spiro atoms. The minimum atomic E-state index is -0.278. The summed E-state index contributed by atoms with van der Waals surface area (Å²) in [7, 11) is 0. The van der Waals surface area contributed by atoms with Crippen LogP contribution in [0.4, 0.5) is 0 Å². The monoisotopic (exact) mass is 557 g/mol. The maximum absolute atomic E-state index is 13.0. The largest absolute Gasteiger partial charge is 0.490 e. The van der Waals surface area contributed by atoms with Gasteiger partial charge in [-0.05, 0) is 104 Å². The van der Waals surface area contributed by atoms with Gasteiger partial charge in [-0.15, -0.1) is 0 Å². The number of benzene rings is 2. The fourth-order valence-electron chi connectivity index (χ4n) is 3.93. The average Bonchev–Trinajstić information content (AvgIpc) is 2.91. The Labute approximate surface area is 241 Å². The Bertz CT molecular complexity index is 1050.